The summed E-state index contributed by atoms with van der Waals surface area (Å²) in [5, 5.41) is 3.38. The van der Waals surface area contributed by atoms with Gasteiger partial charge in [0.1, 0.15) is 12.4 Å². The molecule has 1 rings (SSSR count). The number of ether oxygens (including phenoxy) is 1. The summed E-state index contributed by atoms with van der Waals surface area (Å²) in [6, 6.07) is 7.93. The van der Waals surface area contributed by atoms with Crippen molar-refractivity contribution in [2.75, 3.05) is 31.7 Å². The summed E-state index contributed by atoms with van der Waals surface area (Å²) < 4.78 is 6.68. The minimum Gasteiger partial charge on any atom is -0.492 e. The second-order valence-electron chi connectivity index (χ2n) is 3.75. The summed E-state index contributed by atoms with van der Waals surface area (Å²) >= 11 is 5.31. The molecule has 96 valence electrons. The number of rotatable bonds is 9. The van der Waals surface area contributed by atoms with Crippen molar-refractivity contribution in [2.45, 2.75) is 12.8 Å². The first-order valence-electron chi connectivity index (χ1n) is 5.91. The highest BCUT2D eigenvalue weighted by Gasteiger charge is 1.93. The Labute approximate surface area is 117 Å². The van der Waals surface area contributed by atoms with Gasteiger partial charge in [-0.1, -0.05) is 15.9 Å². The molecule has 0 unspecified atom stereocenters. The molecule has 0 spiro atoms. The van der Waals surface area contributed by atoms with Crippen LogP contribution in [0.1, 0.15) is 12.8 Å². The molecule has 1 aromatic carbocycles. The summed E-state index contributed by atoms with van der Waals surface area (Å²) in [4.78, 5) is 0. The van der Waals surface area contributed by atoms with E-state index < -0.39 is 0 Å². The molecule has 17 heavy (non-hydrogen) atoms. The fourth-order valence-corrected chi connectivity index (χ4v) is 2.15. The van der Waals surface area contributed by atoms with Crippen LogP contribution < -0.4 is 10.1 Å². The standard InChI is InChI=1S/C13H20BrNOS/c1-17-11-3-2-8-15-9-10-16-13-6-4-12(14)5-7-13/h4-7,15H,2-3,8-11H2,1H3. The number of benzene rings is 1. The van der Waals surface area contributed by atoms with E-state index in [-0.39, 0.29) is 0 Å². The lowest BCUT2D eigenvalue weighted by Gasteiger charge is -2.07. The van der Waals surface area contributed by atoms with Crippen LogP contribution >= 0.6 is 27.7 Å². The molecule has 4 heteroatoms. The van der Waals surface area contributed by atoms with Crippen LogP contribution in [0.2, 0.25) is 0 Å². The first kappa shape index (κ1) is 14.9. The highest BCUT2D eigenvalue weighted by Crippen LogP contribution is 2.15. The van der Waals surface area contributed by atoms with Crippen molar-refractivity contribution in [3.63, 3.8) is 0 Å². The highest BCUT2D eigenvalue weighted by atomic mass is 79.9. The molecule has 0 aliphatic carbocycles. The van der Waals surface area contributed by atoms with Crippen LogP contribution in [0.5, 0.6) is 5.75 Å². The molecule has 0 amide bonds. The highest BCUT2D eigenvalue weighted by molar-refractivity contribution is 9.10. The van der Waals surface area contributed by atoms with E-state index in [2.05, 4.69) is 27.5 Å². The average Bonchev–Trinajstić information content (AvgIpc) is 2.35. The van der Waals surface area contributed by atoms with Crippen molar-refractivity contribution in [3.8, 4) is 5.75 Å². The third-order valence-electron chi connectivity index (χ3n) is 2.31. The molecule has 0 saturated carbocycles. The number of hydrogen-bond acceptors (Lipinski definition) is 3. The van der Waals surface area contributed by atoms with E-state index in [0.29, 0.717) is 0 Å². The third-order valence-corrected chi connectivity index (χ3v) is 3.54. The molecule has 0 radical (unpaired) electrons. The smallest absolute Gasteiger partial charge is 0.119 e. The monoisotopic (exact) mass is 317 g/mol. The van der Waals surface area contributed by atoms with Gasteiger partial charge in [-0.05, 0) is 55.7 Å². The van der Waals surface area contributed by atoms with Crippen LogP contribution in [0, 0.1) is 0 Å². The fraction of sp³-hybridized carbons (Fsp3) is 0.538. The number of hydrogen-bond donors (Lipinski definition) is 1. The lowest BCUT2D eigenvalue weighted by molar-refractivity contribution is 0.314. The lowest BCUT2D eigenvalue weighted by Crippen LogP contribution is -2.22. The number of thioether (sulfide) groups is 1. The minimum absolute atomic E-state index is 0.726. The number of nitrogens with one attached hydrogen (secondary N) is 1. The molecule has 1 N–H and O–H groups in total. The number of unbranched alkanes of at least 4 members (excludes halogenated alkanes) is 1. The van der Waals surface area contributed by atoms with E-state index in [4.69, 9.17) is 4.74 Å². The van der Waals surface area contributed by atoms with Gasteiger partial charge in [0.05, 0.1) is 0 Å². The second-order valence-corrected chi connectivity index (χ2v) is 5.65. The second kappa shape index (κ2) is 9.80. The normalized spacial score (nSPS) is 10.5. The first-order valence-corrected chi connectivity index (χ1v) is 8.09. The van der Waals surface area contributed by atoms with Gasteiger partial charge in [-0.25, -0.2) is 0 Å². The average molecular weight is 318 g/mol. The summed E-state index contributed by atoms with van der Waals surface area (Å²) in [5.41, 5.74) is 0. The van der Waals surface area contributed by atoms with Crippen LogP contribution in [0.15, 0.2) is 28.7 Å². The van der Waals surface area contributed by atoms with Gasteiger partial charge in [0.2, 0.25) is 0 Å². The zero-order chi connectivity index (χ0) is 12.3. The van der Waals surface area contributed by atoms with Crippen LogP contribution in [0.4, 0.5) is 0 Å². The Kier molecular flexibility index (Phi) is 8.57. The van der Waals surface area contributed by atoms with Gasteiger partial charge in [0.25, 0.3) is 0 Å². The quantitative estimate of drug-likeness (QED) is 0.704. The maximum Gasteiger partial charge on any atom is 0.119 e. The van der Waals surface area contributed by atoms with Crippen molar-refractivity contribution in [2.24, 2.45) is 0 Å². The van der Waals surface area contributed by atoms with E-state index in [1.165, 1.54) is 18.6 Å². The van der Waals surface area contributed by atoms with E-state index in [1.807, 2.05) is 36.0 Å². The maximum absolute atomic E-state index is 5.60. The maximum atomic E-state index is 5.60. The van der Waals surface area contributed by atoms with Crippen molar-refractivity contribution in [3.05, 3.63) is 28.7 Å². The molecule has 0 saturated heterocycles. The molecule has 0 aliphatic rings. The summed E-state index contributed by atoms with van der Waals surface area (Å²) in [5.74, 6) is 2.19. The molecule has 2 nitrogen and oxygen atoms in total. The van der Waals surface area contributed by atoms with E-state index >= 15 is 0 Å². The summed E-state index contributed by atoms with van der Waals surface area (Å²) in [6.07, 6.45) is 4.69. The van der Waals surface area contributed by atoms with Gasteiger partial charge in [0.15, 0.2) is 0 Å². The first-order chi connectivity index (χ1) is 8.33. The molecular weight excluding hydrogens is 298 g/mol. The zero-order valence-corrected chi connectivity index (χ0v) is 12.6. The Morgan fingerprint density at radius 3 is 2.65 bits per heavy atom. The van der Waals surface area contributed by atoms with Crippen molar-refractivity contribution in [1.29, 1.82) is 0 Å². The summed E-state index contributed by atoms with van der Waals surface area (Å²) in [6.45, 7) is 2.73. The predicted molar refractivity (Wildman–Crippen MR) is 80.1 cm³/mol. The van der Waals surface area contributed by atoms with Crippen molar-refractivity contribution in [1.82, 2.24) is 5.32 Å². The molecule has 0 heterocycles. The SMILES string of the molecule is CSCCCCNCCOc1ccc(Br)cc1. The third kappa shape index (κ3) is 7.68. The Hall–Kier alpha value is -0.190. The van der Waals surface area contributed by atoms with Gasteiger partial charge < -0.3 is 10.1 Å². The summed E-state index contributed by atoms with van der Waals surface area (Å²) in [7, 11) is 0. The van der Waals surface area contributed by atoms with E-state index in [0.717, 1.165) is 29.9 Å². The molecule has 0 atom stereocenters. The lowest BCUT2D eigenvalue weighted by atomic mass is 10.3. The van der Waals surface area contributed by atoms with E-state index in [9.17, 15) is 0 Å². The van der Waals surface area contributed by atoms with Crippen LogP contribution in [-0.4, -0.2) is 31.7 Å². The predicted octanol–water partition coefficient (Wildman–Crippen LogP) is 3.56. The van der Waals surface area contributed by atoms with Crippen LogP contribution in [0.3, 0.4) is 0 Å². The molecule has 0 bridgehead atoms. The molecule has 1 aromatic rings. The van der Waals surface area contributed by atoms with Gasteiger partial charge in [-0.15, -0.1) is 0 Å². The topological polar surface area (TPSA) is 21.3 Å². The fourth-order valence-electron chi connectivity index (χ4n) is 1.39. The minimum atomic E-state index is 0.726. The Morgan fingerprint density at radius 2 is 1.94 bits per heavy atom. The Bertz CT molecular complexity index is 292. The number of halogens is 1. The zero-order valence-electron chi connectivity index (χ0n) is 10.2. The van der Waals surface area contributed by atoms with Gasteiger partial charge in [0, 0.05) is 11.0 Å². The van der Waals surface area contributed by atoms with Gasteiger partial charge in [-0.3, -0.25) is 0 Å². The Balaban J connectivity index is 1.95. The molecule has 0 aromatic heterocycles. The van der Waals surface area contributed by atoms with Crippen molar-refractivity contribution >= 4 is 27.7 Å². The van der Waals surface area contributed by atoms with Gasteiger partial charge >= 0.3 is 0 Å². The van der Waals surface area contributed by atoms with Crippen molar-refractivity contribution < 1.29 is 4.74 Å². The largest absolute Gasteiger partial charge is 0.492 e. The Morgan fingerprint density at radius 1 is 1.18 bits per heavy atom. The van der Waals surface area contributed by atoms with E-state index in [1.54, 1.807) is 0 Å². The van der Waals surface area contributed by atoms with Gasteiger partial charge in [-0.2, -0.15) is 11.8 Å². The van der Waals surface area contributed by atoms with Crippen LogP contribution in [0.25, 0.3) is 0 Å². The van der Waals surface area contributed by atoms with Crippen LogP contribution in [-0.2, 0) is 0 Å². The molecule has 0 aliphatic heterocycles. The molecular formula is C13H20BrNOS. The molecule has 0 fully saturated rings.